The van der Waals surface area contributed by atoms with Crippen LogP contribution in [0.1, 0.15) is 44.0 Å². The van der Waals surface area contributed by atoms with Crippen LogP contribution in [0.5, 0.6) is 0 Å². The van der Waals surface area contributed by atoms with Crippen molar-refractivity contribution in [3.05, 3.63) is 29.6 Å². The Morgan fingerprint density at radius 1 is 1.29 bits per heavy atom. The number of imidazole rings is 1. The van der Waals surface area contributed by atoms with Gasteiger partial charge in [0.05, 0.1) is 22.7 Å². The van der Waals surface area contributed by atoms with Gasteiger partial charge in [-0.1, -0.05) is 26.2 Å². The van der Waals surface area contributed by atoms with Crippen molar-refractivity contribution in [2.45, 2.75) is 39.0 Å². The molecular formula is C14H17N3. The monoisotopic (exact) mass is 227 g/mol. The highest BCUT2D eigenvalue weighted by molar-refractivity contribution is 5.76. The Balaban J connectivity index is 2.07. The van der Waals surface area contributed by atoms with Crippen LogP contribution in [-0.4, -0.2) is 9.97 Å². The lowest BCUT2D eigenvalue weighted by atomic mass is 10.1. The molecule has 0 fully saturated rings. The van der Waals surface area contributed by atoms with Crippen LogP contribution in [0.2, 0.25) is 0 Å². The van der Waals surface area contributed by atoms with Gasteiger partial charge in [0.2, 0.25) is 0 Å². The quantitative estimate of drug-likeness (QED) is 0.794. The molecule has 2 aromatic rings. The molecule has 0 atom stereocenters. The number of benzene rings is 1. The molecule has 0 saturated heterocycles. The largest absolute Gasteiger partial charge is 0.342 e. The van der Waals surface area contributed by atoms with Gasteiger partial charge in [-0.05, 0) is 24.6 Å². The Kier molecular flexibility index (Phi) is 3.77. The molecule has 1 aromatic carbocycles. The summed E-state index contributed by atoms with van der Waals surface area (Å²) in [6.45, 7) is 2.21. The summed E-state index contributed by atoms with van der Waals surface area (Å²) in [7, 11) is 0. The fraction of sp³-hybridized carbons (Fsp3) is 0.429. The second-order valence-corrected chi connectivity index (χ2v) is 4.34. The Labute approximate surface area is 101 Å². The summed E-state index contributed by atoms with van der Waals surface area (Å²) in [5.74, 6) is 1.03. The summed E-state index contributed by atoms with van der Waals surface area (Å²) >= 11 is 0. The third-order valence-electron chi connectivity index (χ3n) is 2.93. The maximum Gasteiger partial charge on any atom is 0.107 e. The third kappa shape index (κ3) is 2.85. The highest BCUT2D eigenvalue weighted by atomic mass is 14.9. The maximum atomic E-state index is 8.82. The molecule has 0 unspecified atom stereocenters. The number of nitriles is 1. The van der Waals surface area contributed by atoms with Gasteiger partial charge in [0.15, 0.2) is 0 Å². The van der Waals surface area contributed by atoms with E-state index in [9.17, 15) is 0 Å². The molecule has 88 valence electrons. The maximum absolute atomic E-state index is 8.82. The predicted octanol–water partition coefficient (Wildman–Crippen LogP) is 3.56. The van der Waals surface area contributed by atoms with Crippen LogP contribution < -0.4 is 0 Å². The molecule has 0 saturated carbocycles. The lowest BCUT2D eigenvalue weighted by Gasteiger charge is -1.95. The van der Waals surface area contributed by atoms with Crippen molar-refractivity contribution in [1.29, 1.82) is 5.26 Å². The number of aromatic nitrogens is 2. The Morgan fingerprint density at radius 2 is 2.18 bits per heavy atom. The minimum absolute atomic E-state index is 0.679. The molecule has 0 bridgehead atoms. The van der Waals surface area contributed by atoms with Crippen LogP contribution >= 0.6 is 0 Å². The van der Waals surface area contributed by atoms with Gasteiger partial charge in [0.25, 0.3) is 0 Å². The van der Waals surface area contributed by atoms with Gasteiger partial charge >= 0.3 is 0 Å². The van der Waals surface area contributed by atoms with E-state index in [1.165, 1.54) is 25.7 Å². The minimum Gasteiger partial charge on any atom is -0.342 e. The molecule has 0 spiro atoms. The first kappa shape index (κ1) is 11.7. The molecule has 3 heteroatoms. The van der Waals surface area contributed by atoms with Crippen molar-refractivity contribution in [2.75, 3.05) is 0 Å². The average Bonchev–Trinajstić information content (AvgIpc) is 2.76. The fourth-order valence-corrected chi connectivity index (χ4v) is 1.97. The van der Waals surface area contributed by atoms with E-state index in [1.807, 2.05) is 18.2 Å². The van der Waals surface area contributed by atoms with Gasteiger partial charge in [-0.2, -0.15) is 5.26 Å². The van der Waals surface area contributed by atoms with Crippen molar-refractivity contribution in [3.63, 3.8) is 0 Å². The predicted molar refractivity (Wildman–Crippen MR) is 68.7 cm³/mol. The van der Waals surface area contributed by atoms with Crippen LogP contribution in [-0.2, 0) is 6.42 Å². The van der Waals surface area contributed by atoms with Crippen LogP contribution in [0.15, 0.2) is 18.2 Å². The highest BCUT2D eigenvalue weighted by Gasteiger charge is 2.03. The molecule has 0 aliphatic rings. The first-order chi connectivity index (χ1) is 8.33. The highest BCUT2D eigenvalue weighted by Crippen LogP contribution is 2.14. The van der Waals surface area contributed by atoms with E-state index in [-0.39, 0.29) is 0 Å². The van der Waals surface area contributed by atoms with Gasteiger partial charge in [-0.15, -0.1) is 0 Å². The zero-order chi connectivity index (χ0) is 12.1. The summed E-state index contributed by atoms with van der Waals surface area (Å²) in [6.07, 6.45) is 5.98. The zero-order valence-electron chi connectivity index (χ0n) is 10.2. The molecule has 1 heterocycles. The number of rotatable bonds is 5. The van der Waals surface area contributed by atoms with E-state index in [0.29, 0.717) is 5.56 Å². The Hall–Kier alpha value is -1.82. The van der Waals surface area contributed by atoms with Gasteiger partial charge in [-0.25, -0.2) is 4.98 Å². The second-order valence-electron chi connectivity index (χ2n) is 4.34. The zero-order valence-corrected chi connectivity index (χ0v) is 10.2. The molecule has 17 heavy (non-hydrogen) atoms. The first-order valence-corrected chi connectivity index (χ1v) is 6.22. The molecule has 0 radical (unpaired) electrons. The minimum atomic E-state index is 0.679. The van der Waals surface area contributed by atoms with Crippen molar-refractivity contribution in [3.8, 4) is 6.07 Å². The SMILES string of the molecule is CCCCCCc1nc2ccc(C#N)cc2[nH]1. The van der Waals surface area contributed by atoms with Gasteiger partial charge in [0.1, 0.15) is 5.82 Å². The first-order valence-electron chi connectivity index (χ1n) is 6.22. The smallest absolute Gasteiger partial charge is 0.107 e. The normalized spacial score (nSPS) is 10.6. The van der Waals surface area contributed by atoms with E-state index in [4.69, 9.17) is 5.26 Å². The van der Waals surface area contributed by atoms with Crippen molar-refractivity contribution < 1.29 is 0 Å². The number of nitrogens with one attached hydrogen (secondary N) is 1. The molecule has 1 aromatic heterocycles. The summed E-state index contributed by atoms with van der Waals surface area (Å²) < 4.78 is 0. The lowest BCUT2D eigenvalue weighted by Crippen LogP contribution is -1.87. The number of fused-ring (bicyclic) bond motifs is 1. The summed E-state index contributed by atoms with van der Waals surface area (Å²) in [5, 5.41) is 8.82. The fourth-order valence-electron chi connectivity index (χ4n) is 1.97. The molecule has 0 aliphatic carbocycles. The van der Waals surface area contributed by atoms with Crippen LogP contribution in [0.4, 0.5) is 0 Å². The van der Waals surface area contributed by atoms with E-state index in [2.05, 4.69) is 23.0 Å². The van der Waals surface area contributed by atoms with Crippen molar-refractivity contribution >= 4 is 11.0 Å². The standard InChI is InChI=1S/C14H17N3/c1-2-3-4-5-6-14-16-12-8-7-11(10-15)9-13(12)17-14/h7-9H,2-6H2,1H3,(H,16,17). The summed E-state index contributed by atoms with van der Waals surface area (Å²) in [6, 6.07) is 7.71. The number of aromatic amines is 1. The van der Waals surface area contributed by atoms with Crippen LogP contribution in [0.25, 0.3) is 11.0 Å². The molecule has 3 nitrogen and oxygen atoms in total. The van der Waals surface area contributed by atoms with Crippen LogP contribution in [0.3, 0.4) is 0 Å². The van der Waals surface area contributed by atoms with E-state index >= 15 is 0 Å². The molecule has 2 rings (SSSR count). The second kappa shape index (κ2) is 5.49. The lowest BCUT2D eigenvalue weighted by molar-refractivity contribution is 0.656. The van der Waals surface area contributed by atoms with E-state index < -0.39 is 0 Å². The number of nitrogens with zero attached hydrogens (tertiary/aromatic N) is 2. The third-order valence-corrected chi connectivity index (χ3v) is 2.93. The summed E-state index contributed by atoms with van der Waals surface area (Å²) in [4.78, 5) is 7.81. The summed E-state index contributed by atoms with van der Waals surface area (Å²) in [5.41, 5.74) is 2.60. The number of hydrogen-bond donors (Lipinski definition) is 1. The van der Waals surface area contributed by atoms with Crippen LogP contribution in [0, 0.1) is 11.3 Å². The van der Waals surface area contributed by atoms with Gasteiger partial charge < -0.3 is 4.98 Å². The molecular weight excluding hydrogens is 210 g/mol. The van der Waals surface area contributed by atoms with Crippen molar-refractivity contribution in [1.82, 2.24) is 9.97 Å². The number of aryl methyl sites for hydroxylation is 1. The average molecular weight is 227 g/mol. The number of unbranched alkanes of at least 4 members (excludes halogenated alkanes) is 3. The molecule has 0 aliphatic heterocycles. The van der Waals surface area contributed by atoms with Gasteiger partial charge in [0, 0.05) is 6.42 Å². The molecule has 1 N–H and O–H groups in total. The van der Waals surface area contributed by atoms with Gasteiger partial charge in [-0.3, -0.25) is 0 Å². The Morgan fingerprint density at radius 3 is 2.94 bits per heavy atom. The number of H-pyrrole nitrogens is 1. The van der Waals surface area contributed by atoms with E-state index in [0.717, 1.165) is 23.3 Å². The topological polar surface area (TPSA) is 52.5 Å². The van der Waals surface area contributed by atoms with Crippen molar-refractivity contribution in [2.24, 2.45) is 0 Å². The number of hydrogen-bond acceptors (Lipinski definition) is 2. The Bertz CT molecular complexity index is 534. The molecule has 0 amide bonds. The van der Waals surface area contributed by atoms with E-state index in [1.54, 1.807) is 0 Å².